The summed E-state index contributed by atoms with van der Waals surface area (Å²) < 4.78 is 0. The van der Waals surface area contributed by atoms with Crippen molar-refractivity contribution in [2.24, 2.45) is 11.3 Å². The maximum absolute atomic E-state index is 12.4. The number of nitrogens with one attached hydrogen (secondary N) is 2. The third-order valence-electron chi connectivity index (χ3n) is 4.95. The first-order valence-corrected chi connectivity index (χ1v) is 7.66. The quantitative estimate of drug-likeness (QED) is 0.810. The van der Waals surface area contributed by atoms with E-state index in [1.807, 2.05) is 0 Å². The molecule has 0 aromatic carbocycles. The molecule has 3 heteroatoms. The number of carbonyl (C=O) groups excluding carboxylic acids is 1. The fourth-order valence-corrected chi connectivity index (χ4v) is 3.36. The molecule has 1 aliphatic carbocycles. The summed E-state index contributed by atoms with van der Waals surface area (Å²) >= 11 is 0. The van der Waals surface area contributed by atoms with Crippen LogP contribution in [0.2, 0.25) is 0 Å². The molecule has 2 aliphatic rings. The summed E-state index contributed by atoms with van der Waals surface area (Å²) in [7, 11) is 0. The monoisotopic (exact) mass is 252 g/mol. The highest BCUT2D eigenvalue weighted by Gasteiger charge is 2.36. The lowest BCUT2D eigenvalue weighted by Gasteiger charge is -2.36. The van der Waals surface area contributed by atoms with Gasteiger partial charge in [0.15, 0.2) is 0 Å². The molecular weight excluding hydrogens is 224 g/mol. The van der Waals surface area contributed by atoms with Gasteiger partial charge in [-0.25, -0.2) is 0 Å². The number of rotatable bonds is 3. The summed E-state index contributed by atoms with van der Waals surface area (Å²) in [6.07, 6.45) is 8.21. The van der Waals surface area contributed by atoms with Crippen LogP contribution in [0.3, 0.4) is 0 Å². The van der Waals surface area contributed by atoms with Crippen molar-refractivity contribution in [2.45, 2.75) is 64.8 Å². The Morgan fingerprint density at radius 3 is 2.72 bits per heavy atom. The first kappa shape index (κ1) is 13.9. The molecule has 3 nitrogen and oxygen atoms in total. The fourth-order valence-electron chi connectivity index (χ4n) is 3.36. The molecule has 0 radical (unpaired) electrons. The Morgan fingerprint density at radius 2 is 2.06 bits per heavy atom. The molecule has 0 bridgehead atoms. The smallest absolute Gasteiger partial charge is 0.226 e. The van der Waals surface area contributed by atoms with Gasteiger partial charge in [0.05, 0.1) is 0 Å². The lowest BCUT2D eigenvalue weighted by molar-refractivity contribution is -0.132. The average Bonchev–Trinajstić information content (AvgIpc) is 2.40. The largest absolute Gasteiger partial charge is 0.353 e. The zero-order valence-corrected chi connectivity index (χ0v) is 11.9. The zero-order valence-electron chi connectivity index (χ0n) is 11.9. The topological polar surface area (TPSA) is 41.1 Å². The number of piperidine rings is 1. The molecule has 1 saturated heterocycles. The van der Waals surface area contributed by atoms with E-state index < -0.39 is 0 Å². The van der Waals surface area contributed by atoms with Gasteiger partial charge < -0.3 is 10.6 Å². The normalized spacial score (nSPS) is 31.9. The van der Waals surface area contributed by atoms with Crippen LogP contribution >= 0.6 is 0 Å². The first-order valence-electron chi connectivity index (χ1n) is 7.66. The summed E-state index contributed by atoms with van der Waals surface area (Å²) in [4.78, 5) is 12.4. The predicted octanol–water partition coefficient (Wildman–Crippen LogP) is 2.46. The average molecular weight is 252 g/mol. The summed E-state index contributed by atoms with van der Waals surface area (Å²) in [6.45, 7) is 6.35. The predicted molar refractivity (Wildman–Crippen MR) is 74.4 cm³/mol. The zero-order chi connectivity index (χ0) is 13.0. The molecule has 1 saturated carbocycles. The second-order valence-electron chi connectivity index (χ2n) is 6.42. The minimum Gasteiger partial charge on any atom is -0.353 e. The summed E-state index contributed by atoms with van der Waals surface area (Å²) in [5, 5.41) is 6.66. The second-order valence-corrected chi connectivity index (χ2v) is 6.42. The van der Waals surface area contributed by atoms with Crippen LogP contribution in [0.5, 0.6) is 0 Å². The van der Waals surface area contributed by atoms with Crippen LogP contribution < -0.4 is 10.6 Å². The molecule has 18 heavy (non-hydrogen) atoms. The van der Waals surface area contributed by atoms with Gasteiger partial charge in [0, 0.05) is 11.5 Å². The number of carbonyl (C=O) groups is 1. The van der Waals surface area contributed by atoms with Crippen molar-refractivity contribution >= 4 is 5.91 Å². The molecule has 0 spiro atoms. The van der Waals surface area contributed by atoms with E-state index in [1.165, 1.54) is 32.1 Å². The molecule has 104 valence electrons. The lowest BCUT2D eigenvalue weighted by Crippen LogP contribution is -2.49. The molecule has 0 aromatic rings. The van der Waals surface area contributed by atoms with Crippen molar-refractivity contribution in [3.8, 4) is 0 Å². The summed E-state index contributed by atoms with van der Waals surface area (Å²) in [5.74, 6) is 1.12. The number of hydrogen-bond donors (Lipinski definition) is 2. The minimum atomic E-state index is -0.135. The lowest BCUT2D eigenvalue weighted by atomic mass is 9.79. The van der Waals surface area contributed by atoms with Gasteiger partial charge in [0.25, 0.3) is 0 Å². The molecule has 2 atom stereocenters. The molecule has 1 aliphatic heterocycles. The van der Waals surface area contributed by atoms with Crippen molar-refractivity contribution in [3.05, 3.63) is 0 Å². The van der Waals surface area contributed by atoms with Gasteiger partial charge in [-0.15, -0.1) is 0 Å². The van der Waals surface area contributed by atoms with Crippen LogP contribution in [-0.4, -0.2) is 25.0 Å². The Labute approximate surface area is 111 Å². The van der Waals surface area contributed by atoms with Crippen LogP contribution in [0, 0.1) is 11.3 Å². The Morgan fingerprint density at radius 1 is 1.33 bits per heavy atom. The van der Waals surface area contributed by atoms with Crippen molar-refractivity contribution in [3.63, 3.8) is 0 Å². The van der Waals surface area contributed by atoms with Gasteiger partial charge in [-0.3, -0.25) is 4.79 Å². The summed E-state index contributed by atoms with van der Waals surface area (Å²) in [6, 6.07) is 0.433. The number of hydrogen-bond acceptors (Lipinski definition) is 2. The maximum Gasteiger partial charge on any atom is 0.226 e. The van der Waals surface area contributed by atoms with E-state index in [4.69, 9.17) is 0 Å². The number of amides is 1. The highest BCUT2D eigenvalue weighted by Crippen LogP contribution is 2.31. The van der Waals surface area contributed by atoms with Gasteiger partial charge in [-0.1, -0.05) is 33.1 Å². The van der Waals surface area contributed by atoms with Crippen molar-refractivity contribution in [2.75, 3.05) is 13.1 Å². The Bertz CT molecular complexity index is 284. The van der Waals surface area contributed by atoms with Gasteiger partial charge in [0.2, 0.25) is 5.91 Å². The van der Waals surface area contributed by atoms with Gasteiger partial charge in [0.1, 0.15) is 0 Å². The molecule has 2 rings (SSSR count). The fraction of sp³-hybridized carbons (Fsp3) is 0.933. The van der Waals surface area contributed by atoms with Gasteiger partial charge in [-0.05, 0) is 44.7 Å². The standard InChI is InChI=1S/C15H28N2O/c1-3-12-5-4-6-13(11-12)17-14(18)15(2)7-9-16-10-8-15/h12-13,16H,3-11H2,1-2H3,(H,17,18). The second kappa shape index (κ2) is 6.05. The highest BCUT2D eigenvalue weighted by molar-refractivity contribution is 5.82. The van der Waals surface area contributed by atoms with E-state index in [1.54, 1.807) is 0 Å². The minimum absolute atomic E-state index is 0.135. The highest BCUT2D eigenvalue weighted by atomic mass is 16.2. The van der Waals surface area contributed by atoms with Crippen molar-refractivity contribution in [1.29, 1.82) is 0 Å². The van der Waals surface area contributed by atoms with Crippen LogP contribution in [0.4, 0.5) is 0 Å². The van der Waals surface area contributed by atoms with E-state index in [2.05, 4.69) is 24.5 Å². The summed E-state index contributed by atoms with van der Waals surface area (Å²) in [5.41, 5.74) is -0.135. The van der Waals surface area contributed by atoms with E-state index in [0.29, 0.717) is 11.9 Å². The SMILES string of the molecule is CCC1CCCC(NC(=O)C2(C)CCNCC2)C1. The van der Waals surface area contributed by atoms with E-state index in [-0.39, 0.29) is 5.41 Å². The van der Waals surface area contributed by atoms with Gasteiger partial charge in [-0.2, -0.15) is 0 Å². The molecule has 0 aromatic heterocycles. The molecule has 1 amide bonds. The first-order chi connectivity index (χ1) is 8.64. The van der Waals surface area contributed by atoms with Crippen LogP contribution in [0.1, 0.15) is 58.8 Å². The van der Waals surface area contributed by atoms with Crippen LogP contribution in [-0.2, 0) is 4.79 Å². The van der Waals surface area contributed by atoms with Crippen LogP contribution in [0.15, 0.2) is 0 Å². The molecule has 2 N–H and O–H groups in total. The van der Waals surface area contributed by atoms with E-state index in [9.17, 15) is 4.79 Å². The van der Waals surface area contributed by atoms with Crippen LogP contribution in [0.25, 0.3) is 0 Å². The van der Waals surface area contributed by atoms with Gasteiger partial charge >= 0.3 is 0 Å². The van der Waals surface area contributed by atoms with E-state index in [0.717, 1.165) is 31.8 Å². The molecule has 1 heterocycles. The Hall–Kier alpha value is -0.570. The third kappa shape index (κ3) is 3.25. The molecule has 2 fully saturated rings. The van der Waals surface area contributed by atoms with Crippen molar-refractivity contribution < 1.29 is 4.79 Å². The third-order valence-corrected chi connectivity index (χ3v) is 4.95. The molecule has 2 unspecified atom stereocenters. The maximum atomic E-state index is 12.4. The Balaban J connectivity index is 1.86. The van der Waals surface area contributed by atoms with Crippen molar-refractivity contribution in [1.82, 2.24) is 10.6 Å². The van der Waals surface area contributed by atoms with E-state index >= 15 is 0 Å². The molecular formula is C15H28N2O. The Kier molecular flexibility index (Phi) is 4.66.